The van der Waals surface area contributed by atoms with Crippen LogP contribution >= 0.6 is 0 Å². The van der Waals surface area contributed by atoms with Gasteiger partial charge in [0.2, 0.25) is 0 Å². The van der Waals surface area contributed by atoms with Crippen molar-refractivity contribution in [1.29, 1.82) is 0 Å². The second kappa shape index (κ2) is 6.89. The number of fused-ring (bicyclic) bond motifs is 3. The smallest absolute Gasteiger partial charge is 0.000718 e. The second-order valence-corrected chi connectivity index (χ2v) is 7.31. The van der Waals surface area contributed by atoms with E-state index in [9.17, 15) is 0 Å². The number of benzene rings is 4. The van der Waals surface area contributed by atoms with E-state index in [0.29, 0.717) is 0 Å². The largest absolute Gasteiger partial charge is 0.0622 e. The van der Waals surface area contributed by atoms with Gasteiger partial charge in [0.15, 0.2) is 0 Å². The number of hydrogen-bond acceptors (Lipinski definition) is 0. The summed E-state index contributed by atoms with van der Waals surface area (Å²) < 4.78 is 0. The van der Waals surface area contributed by atoms with E-state index in [2.05, 4.69) is 97.1 Å². The maximum absolute atomic E-state index is 2.35. The molecule has 0 nitrogen and oxygen atoms in total. The fourth-order valence-electron chi connectivity index (χ4n) is 4.36. The van der Waals surface area contributed by atoms with Gasteiger partial charge in [0.25, 0.3) is 0 Å². The summed E-state index contributed by atoms with van der Waals surface area (Å²) in [5.41, 5.74) is 11.4. The maximum Gasteiger partial charge on any atom is -0.000718 e. The van der Waals surface area contributed by atoms with Crippen LogP contribution in [0.3, 0.4) is 0 Å². The number of rotatable bonds is 4. The summed E-state index contributed by atoms with van der Waals surface area (Å²) in [7, 11) is 0. The summed E-state index contributed by atoms with van der Waals surface area (Å²) in [6, 6.07) is 35.3. The molecule has 0 saturated heterocycles. The molecule has 1 aliphatic carbocycles. The molecule has 5 rings (SSSR count). The minimum atomic E-state index is 1.04. The second-order valence-electron chi connectivity index (χ2n) is 7.31. The third-order valence-electron chi connectivity index (χ3n) is 5.66. The summed E-state index contributed by atoms with van der Waals surface area (Å²) in [6.45, 7) is 0. The van der Waals surface area contributed by atoms with Crippen molar-refractivity contribution in [2.75, 3.05) is 0 Å². The first-order valence-electron chi connectivity index (χ1n) is 9.72. The molecule has 27 heavy (non-hydrogen) atoms. The van der Waals surface area contributed by atoms with Crippen LogP contribution in [0, 0.1) is 0 Å². The van der Waals surface area contributed by atoms with E-state index < -0.39 is 0 Å². The van der Waals surface area contributed by atoms with Crippen LogP contribution < -0.4 is 0 Å². The topological polar surface area (TPSA) is 0 Å². The highest BCUT2D eigenvalue weighted by atomic mass is 14.3. The molecule has 0 N–H and O–H groups in total. The molecule has 0 bridgehead atoms. The lowest BCUT2D eigenvalue weighted by Crippen LogP contribution is -1.98. The third kappa shape index (κ3) is 2.98. The van der Waals surface area contributed by atoms with Crippen molar-refractivity contribution in [3.8, 4) is 22.3 Å². The van der Waals surface area contributed by atoms with Crippen LogP contribution in [0.1, 0.15) is 22.3 Å². The Balaban J connectivity index is 1.61. The Kier molecular flexibility index (Phi) is 4.10. The average Bonchev–Trinajstić information content (AvgIpc) is 3.12. The first-order chi connectivity index (χ1) is 13.4. The summed E-state index contributed by atoms with van der Waals surface area (Å²) >= 11 is 0. The lowest BCUT2D eigenvalue weighted by molar-refractivity contribution is 0.959. The summed E-state index contributed by atoms with van der Waals surface area (Å²) in [4.78, 5) is 0. The summed E-state index contributed by atoms with van der Waals surface area (Å²) in [6.07, 6.45) is 3.18. The summed E-state index contributed by atoms with van der Waals surface area (Å²) in [5, 5.41) is 0. The van der Waals surface area contributed by atoms with Crippen molar-refractivity contribution >= 4 is 0 Å². The highest BCUT2D eigenvalue weighted by Gasteiger charge is 2.23. The zero-order chi connectivity index (χ0) is 18.1. The van der Waals surface area contributed by atoms with Gasteiger partial charge in [-0.1, -0.05) is 97.1 Å². The van der Waals surface area contributed by atoms with Crippen molar-refractivity contribution < 1.29 is 0 Å². The highest BCUT2D eigenvalue weighted by molar-refractivity contribution is 5.86. The van der Waals surface area contributed by atoms with Crippen molar-refractivity contribution in [2.24, 2.45) is 0 Å². The van der Waals surface area contributed by atoms with Gasteiger partial charge in [-0.2, -0.15) is 0 Å². The molecule has 0 saturated carbocycles. The Morgan fingerprint density at radius 2 is 1.26 bits per heavy atom. The molecule has 130 valence electrons. The van der Waals surface area contributed by atoms with Gasteiger partial charge in [0.1, 0.15) is 0 Å². The van der Waals surface area contributed by atoms with E-state index >= 15 is 0 Å². The molecule has 4 aromatic carbocycles. The molecule has 0 heterocycles. The first-order valence-corrected chi connectivity index (χ1v) is 9.72. The number of hydrogen-bond donors (Lipinski definition) is 0. The van der Waals surface area contributed by atoms with Gasteiger partial charge < -0.3 is 0 Å². The van der Waals surface area contributed by atoms with Crippen molar-refractivity contribution in [3.05, 3.63) is 119 Å². The van der Waals surface area contributed by atoms with Gasteiger partial charge in [-0.15, -0.1) is 0 Å². The van der Waals surface area contributed by atoms with Gasteiger partial charge in [0, 0.05) is 0 Å². The molecule has 1 aliphatic rings. The predicted octanol–water partition coefficient (Wildman–Crippen LogP) is 6.71. The zero-order valence-corrected chi connectivity index (χ0v) is 15.4. The molecule has 0 aliphatic heterocycles. The molecule has 0 radical (unpaired) electrons. The Labute approximate surface area is 161 Å². The predicted molar refractivity (Wildman–Crippen MR) is 114 cm³/mol. The molecular weight excluding hydrogens is 324 g/mol. The van der Waals surface area contributed by atoms with E-state index in [1.807, 2.05) is 0 Å². The molecule has 0 atom stereocenters. The third-order valence-corrected chi connectivity index (χ3v) is 5.66. The van der Waals surface area contributed by atoms with Gasteiger partial charge in [-0.25, -0.2) is 0 Å². The SMILES string of the molecule is c1ccc(CCc2ccc3c(c2-c2ccccc2)Cc2ccccc2-3)cc1. The molecule has 0 spiro atoms. The standard InChI is InChI=1S/C27H22/c1-3-9-20(10-4-1)15-16-22-17-18-25-24-14-8-7-13-23(24)19-26(25)27(22)21-11-5-2-6-12-21/h1-14,17-18H,15-16,19H2. The lowest BCUT2D eigenvalue weighted by Gasteiger charge is -2.16. The lowest BCUT2D eigenvalue weighted by atomic mass is 9.88. The molecule has 0 fully saturated rings. The Bertz CT molecular complexity index is 1080. The van der Waals surface area contributed by atoms with Crippen LogP contribution in [0.15, 0.2) is 97.1 Å². The molecule has 0 heteroatoms. The van der Waals surface area contributed by atoms with E-state index in [1.54, 1.807) is 0 Å². The van der Waals surface area contributed by atoms with Crippen molar-refractivity contribution in [3.63, 3.8) is 0 Å². The van der Waals surface area contributed by atoms with Crippen LogP contribution in [-0.4, -0.2) is 0 Å². The average molecular weight is 346 g/mol. The van der Waals surface area contributed by atoms with E-state index in [1.165, 1.54) is 44.5 Å². The first kappa shape index (κ1) is 16.1. The number of aryl methyl sites for hydroxylation is 2. The minimum absolute atomic E-state index is 1.04. The maximum atomic E-state index is 2.35. The molecule has 4 aromatic rings. The van der Waals surface area contributed by atoms with Gasteiger partial charge in [0.05, 0.1) is 0 Å². The fourth-order valence-corrected chi connectivity index (χ4v) is 4.36. The van der Waals surface area contributed by atoms with Crippen molar-refractivity contribution in [1.82, 2.24) is 0 Å². The van der Waals surface area contributed by atoms with E-state index in [0.717, 1.165) is 19.3 Å². The monoisotopic (exact) mass is 346 g/mol. The van der Waals surface area contributed by atoms with Gasteiger partial charge in [-0.05, 0) is 63.8 Å². The van der Waals surface area contributed by atoms with E-state index in [4.69, 9.17) is 0 Å². The molecule has 0 aromatic heterocycles. The summed E-state index contributed by atoms with van der Waals surface area (Å²) in [5.74, 6) is 0. The normalized spacial score (nSPS) is 11.9. The van der Waals surface area contributed by atoms with Crippen LogP contribution in [0.25, 0.3) is 22.3 Å². The molecule has 0 amide bonds. The van der Waals surface area contributed by atoms with Gasteiger partial charge >= 0.3 is 0 Å². The Morgan fingerprint density at radius 3 is 2.07 bits per heavy atom. The Morgan fingerprint density at radius 1 is 0.556 bits per heavy atom. The zero-order valence-electron chi connectivity index (χ0n) is 15.4. The van der Waals surface area contributed by atoms with Crippen molar-refractivity contribution in [2.45, 2.75) is 19.3 Å². The fraction of sp³-hybridized carbons (Fsp3) is 0.111. The Hall–Kier alpha value is -3.12. The van der Waals surface area contributed by atoms with Crippen LogP contribution in [0.4, 0.5) is 0 Å². The molecular formula is C27H22. The van der Waals surface area contributed by atoms with Gasteiger partial charge in [-0.3, -0.25) is 0 Å². The molecule has 0 unspecified atom stereocenters. The highest BCUT2D eigenvalue weighted by Crippen LogP contribution is 2.43. The quantitative estimate of drug-likeness (QED) is 0.339. The minimum Gasteiger partial charge on any atom is -0.0622 e. The van der Waals surface area contributed by atoms with Crippen LogP contribution in [-0.2, 0) is 19.3 Å². The van der Waals surface area contributed by atoms with E-state index in [-0.39, 0.29) is 0 Å². The van der Waals surface area contributed by atoms with Crippen LogP contribution in [0.5, 0.6) is 0 Å². The van der Waals surface area contributed by atoms with Crippen LogP contribution in [0.2, 0.25) is 0 Å².